The fourth-order valence-corrected chi connectivity index (χ4v) is 2.58. The van der Waals surface area contributed by atoms with Crippen LogP contribution in [0.4, 0.5) is 0 Å². The van der Waals surface area contributed by atoms with Gasteiger partial charge in [-0.05, 0) is 25.8 Å². The van der Waals surface area contributed by atoms with Crippen LogP contribution in [0.2, 0.25) is 0 Å². The van der Waals surface area contributed by atoms with Crippen LogP contribution in [0.25, 0.3) is 0 Å². The number of carbonyl (C=O) groups excluding carboxylic acids is 2. The highest BCUT2D eigenvalue weighted by Gasteiger charge is 2.28. The lowest BCUT2D eigenvalue weighted by Gasteiger charge is -2.37. The summed E-state index contributed by atoms with van der Waals surface area (Å²) in [7, 11) is 1.32. The lowest BCUT2D eigenvalue weighted by atomic mass is 9.99. The molecule has 2 N–H and O–H groups in total. The molecule has 2 unspecified atom stereocenters. The summed E-state index contributed by atoms with van der Waals surface area (Å²) in [5.74, 6) is -0.672. The average Bonchev–Trinajstić information content (AvgIpc) is 2.39. The number of esters is 1. The Bertz CT molecular complexity index is 307. The van der Waals surface area contributed by atoms with Gasteiger partial charge >= 0.3 is 5.97 Å². The van der Waals surface area contributed by atoms with Gasteiger partial charge in [-0.2, -0.15) is 0 Å². The van der Waals surface area contributed by atoms with Crippen LogP contribution >= 0.6 is 0 Å². The largest absolute Gasteiger partial charge is 0.467 e. The molecule has 6 nitrogen and oxygen atoms in total. The summed E-state index contributed by atoms with van der Waals surface area (Å²) in [5.41, 5.74) is 0. The molecule has 6 heteroatoms. The molecule has 1 aliphatic heterocycles. The molecule has 1 amide bonds. The van der Waals surface area contributed by atoms with Crippen molar-refractivity contribution in [2.75, 3.05) is 26.8 Å². The summed E-state index contributed by atoms with van der Waals surface area (Å²) in [6.45, 7) is 2.86. The number of methoxy groups -OCH3 is 1. The van der Waals surface area contributed by atoms with Crippen LogP contribution in [0.1, 0.15) is 32.6 Å². The molecule has 0 aromatic rings. The normalized spacial score (nSPS) is 21.7. The van der Waals surface area contributed by atoms with Crippen molar-refractivity contribution in [3.8, 4) is 0 Å². The molecule has 0 radical (unpaired) electrons. The lowest BCUT2D eigenvalue weighted by Crippen LogP contribution is -2.52. The van der Waals surface area contributed by atoms with Crippen molar-refractivity contribution in [1.29, 1.82) is 0 Å². The minimum Gasteiger partial charge on any atom is -0.467 e. The number of hydrogen-bond donors (Lipinski definition) is 2. The molecule has 0 aromatic carbocycles. The standard InChI is InChI=1S/C13H24N2O4/c1-10(17)14-12(13(18)19-2)9-15-7-4-3-5-11(15)6-8-16/h11-12,16H,3-9H2,1-2H3,(H,14,17). The van der Waals surface area contributed by atoms with Crippen LogP contribution in [0.5, 0.6) is 0 Å². The third-order valence-electron chi connectivity index (χ3n) is 3.49. The Morgan fingerprint density at radius 1 is 1.47 bits per heavy atom. The predicted molar refractivity (Wildman–Crippen MR) is 70.5 cm³/mol. The molecule has 1 saturated heterocycles. The van der Waals surface area contributed by atoms with E-state index in [0.29, 0.717) is 13.0 Å². The van der Waals surface area contributed by atoms with E-state index >= 15 is 0 Å². The molecule has 19 heavy (non-hydrogen) atoms. The third kappa shape index (κ3) is 5.16. The monoisotopic (exact) mass is 272 g/mol. The van der Waals surface area contributed by atoms with Gasteiger partial charge in [0.05, 0.1) is 7.11 Å². The molecular formula is C13H24N2O4. The first kappa shape index (κ1) is 15.9. The van der Waals surface area contributed by atoms with Crippen molar-refractivity contribution >= 4 is 11.9 Å². The van der Waals surface area contributed by atoms with E-state index in [4.69, 9.17) is 9.84 Å². The van der Waals surface area contributed by atoms with E-state index in [1.54, 1.807) is 0 Å². The van der Waals surface area contributed by atoms with Crippen molar-refractivity contribution < 1.29 is 19.4 Å². The maximum atomic E-state index is 11.7. The number of ether oxygens (including phenoxy) is 1. The summed E-state index contributed by atoms with van der Waals surface area (Å²) in [4.78, 5) is 25.0. The van der Waals surface area contributed by atoms with Crippen LogP contribution in [0.15, 0.2) is 0 Å². The molecule has 0 aromatic heterocycles. The molecule has 0 saturated carbocycles. The smallest absolute Gasteiger partial charge is 0.329 e. The molecule has 0 spiro atoms. The summed E-state index contributed by atoms with van der Waals surface area (Å²) in [6, 6.07) is -0.360. The van der Waals surface area contributed by atoms with Crippen LogP contribution < -0.4 is 5.32 Å². The predicted octanol–water partition coefficient (Wildman–Crippen LogP) is -0.0990. The van der Waals surface area contributed by atoms with Gasteiger partial charge in [0.2, 0.25) is 5.91 Å². The van der Waals surface area contributed by atoms with E-state index < -0.39 is 12.0 Å². The summed E-state index contributed by atoms with van der Waals surface area (Å²) in [6.07, 6.45) is 3.95. The van der Waals surface area contributed by atoms with Gasteiger partial charge in [0.1, 0.15) is 6.04 Å². The fraction of sp³-hybridized carbons (Fsp3) is 0.846. The van der Waals surface area contributed by atoms with Crippen LogP contribution in [0, 0.1) is 0 Å². The van der Waals surface area contributed by atoms with Crippen LogP contribution in [-0.2, 0) is 14.3 Å². The Labute approximate surface area is 114 Å². The highest BCUT2D eigenvalue weighted by atomic mass is 16.5. The van der Waals surface area contributed by atoms with Gasteiger partial charge in [-0.3, -0.25) is 9.69 Å². The molecule has 2 atom stereocenters. The number of rotatable bonds is 6. The second-order valence-electron chi connectivity index (χ2n) is 4.93. The number of amides is 1. The third-order valence-corrected chi connectivity index (χ3v) is 3.49. The lowest BCUT2D eigenvalue weighted by molar-refractivity contribution is -0.145. The van der Waals surface area contributed by atoms with Crippen molar-refractivity contribution in [3.05, 3.63) is 0 Å². The molecule has 110 valence electrons. The Morgan fingerprint density at radius 3 is 2.79 bits per heavy atom. The van der Waals surface area contributed by atoms with E-state index in [0.717, 1.165) is 25.8 Å². The first-order chi connectivity index (χ1) is 9.08. The maximum absolute atomic E-state index is 11.7. The number of aliphatic hydroxyl groups excluding tert-OH is 1. The van der Waals surface area contributed by atoms with Gasteiger partial charge in [0.15, 0.2) is 0 Å². The summed E-state index contributed by atoms with van der Waals surface area (Å²) >= 11 is 0. The Morgan fingerprint density at radius 2 is 2.21 bits per heavy atom. The number of nitrogens with one attached hydrogen (secondary N) is 1. The van der Waals surface area contributed by atoms with E-state index in [1.165, 1.54) is 14.0 Å². The van der Waals surface area contributed by atoms with Gasteiger partial charge in [-0.1, -0.05) is 6.42 Å². The first-order valence-electron chi connectivity index (χ1n) is 6.78. The van der Waals surface area contributed by atoms with Gasteiger partial charge in [0.25, 0.3) is 0 Å². The van der Waals surface area contributed by atoms with Gasteiger partial charge < -0.3 is 15.2 Å². The van der Waals surface area contributed by atoms with Gasteiger partial charge in [-0.15, -0.1) is 0 Å². The van der Waals surface area contributed by atoms with E-state index in [2.05, 4.69) is 10.2 Å². The van der Waals surface area contributed by atoms with Crippen molar-refractivity contribution in [2.45, 2.75) is 44.7 Å². The van der Waals surface area contributed by atoms with Gasteiger partial charge in [0, 0.05) is 26.1 Å². The first-order valence-corrected chi connectivity index (χ1v) is 6.78. The van der Waals surface area contributed by atoms with E-state index in [1.807, 2.05) is 0 Å². The summed E-state index contributed by atoms with van der Waals surface area (Å²) in [5, 5.41) is 11.7. The average molecular weight is 272 g/mol. The zero-order valence-electron chi connectivity index (χ0n) is 11.7. The Kier molecular flexibility index (Phi) is 6.80. The molecule has 0 bridgehead atoms. The number of likely N-dealkylation sites (tertiary alicyclic amines) is 1. The topological polar surface area (TPSA) is 78.9 Å². The zero-order valence-corrected chi connectivity index (χ0v) is 11.7. The van der Waals surface area contributed by atoms with Crippen molar-refractivity contribution in [1.82, 2.24) is 10.2 Å². The number of carbonyl (C=O) groups is 2. The van der Waals surface area contributed by atoms with Crippen LogP contribution in [-0.4, -0.2) is 60.8 Å². The minimum atomic E-state index is -0.637. The van der Waals surface area contributed by atoms with E-state index in [9.17, 15) is 9.59 Å². The maximum Gasteiger partial charge on any atom is 0.329 e. The highest BCUT2D eigenvalue weighted by Crippen LogP contribution is 2.19. The molecular weight excluding hydrogens is 248 g/mol. The minimum absolute atomic E-state index is 0.143. The second-order valence-corrected chi connectivity index (χ2v) is 4.93. The second kappa shape index (κ2) is 8.12. The molecule has 1 aliphatic rings. The fourth-order valence-electron chi connectivity index (χ4n) is 2.58. The number of piperidine rings is 1. The Balaban J connectivity index is 2.63. The molecule has 1 fully saturated rings. The zero-order chi connectivity index (χ0) is 14.3. The molecule has 1 heterocycles. The van der Waals surface area contributed by atoms with Crippen molar-refractivity contribution in [2.24, 2.45) is 0 Å². The van der Waals surface area contributed by atoms with Gasteiger partial charge in [-0.25, -0.2) is 4.79 Å². The Hall–Kier alpha value is -1.14. The van der Waals surface area contributed by atoms with Crippen molar-refractivity contribution in [3.63, 3.8) is 0 Å². The molecule has 1 rings (SSSR count). The number of aliphatic hydroxyl groups is 1. The highest BCUT2D eigenvalue weighted by molar-refractivity contribution is 5.83. The van der Waals surface area contributed by atoms with E-state index in [-0.39, 0.29) is 18.6 Å². The quantitative estimate of drug-likeness (QED) is 0.660. The summed E-state index contributed by atoms with van der Waals surface area (Å²) < 4.78 is 4.72. The SMILES string of the molecule is COC(=O)C(CN1CCCCC1CCO)NC(C)=O. The number of nitrogens with zero attached hydrogens (tertiary/aromatic N) is 1. The number of hydrogen-bond acceptors (Lipinski definition) is 5. The van der Waals surface area contributed by atoms with Crippen LogP contribution in [0.3, 0.4) is 0 Å². The molecule has 0 aliphatic carbocycles.